The predicted molar refractivity (Wildman–Crippen MR) is 62.5 cm³/mol. The van der Waals surface area contributed by atoms with Crippen molar-refractivity contribution in [3.63, 3.8) is 0 Å². The van der Waals surface area contributed by atoms with Gasteiger partial charge in [0.05, 0.1) is 0 Å². The number of hydrogen-bond acceptors (Lipinski definition) is 1. The molecule has 0 aliphatic rings. The summed E-state index contributed by atoms with van der Waals surface area (Å²) in [6.45, 7) is 4.42. The molecule has 0 amide bonds. The normalized spacial score (nSPS) is 10.4. The molecular weight excluding hydrogens is 170 g/mol. The van der Waals surface area contributed by atoms with Crippen LogP contribution in [-0.2, 0) is 6.42 Å². The second-order valence-corrected chi connectivity index (χ2v) is 3.65. The zero-order valence-corrected chi connectivity index (χ0v) is 9.13. The van der Waals surface area contributed by atoms with Crippen molar-refractivity contribution in [1.29, 1.82) is 0 Å². The molecule has 1 rings (SSSR count). The van der Waals surface area contributed by atoms with Crippen molar-refractivity contribution >= 4 is 0 Å². The highest BCUT2D eigenvalue weighted by atomic mass is 14.8. The van der Waals surface area contributed by atoms with Crippen LogP contribution in [0.3, 0.4) is 0 Å². The molecule has 1 aromatic rings. The van der Waals surface area contributed by atoms with Crippen LogP contribution in [-0.4, -0.2) is 13.1 Å². The summed E-state index contributed by atoms with van der Waals surface area (Å²) in [7, 11) is 0. The van der Waals surface area contributed by atoms with E-state index in [-0.39, 0.29) is 0 Å². The third kappa shape index (κ3) is 5.03. The van der Waals surface area contributed by atoms with E-state index >= 15 is 0 Å². The van der Waals surface area contributed by atoms with Crippen molar-refractivity contribution in [3.8, 4) is 0 Å². The van der Waals surface area contributed by atoms with E-state index in [0.717, 1.165) is 6.54 Å². The van der Waals surface area contributed by atoms with Gasteiger partial charge in [0.15, 0.2) is 0 Å². The highest BCUT2D eigenvalue weighted by Crippen LogP contribution is 2.05. The van der Waals surface area contributed by atoms with Gasteiger partial charge < -0.3 is 5.32 Å². The Bertz CT molecular complexity index is 218. The van der Waals surface area contributed by atoms with E-state index in [2.05, 4.69) is 42.6 Å². The van der Waals surface area contributed by atoms with Gasteiger partial charge in [0, 0.05) is 0 Å². The van der Waals surface area contributed by atoms with Crippen LogP contribution >= 0.6 is 0 Å². The average molecular weight is 191 g/mol. The molecule has 1 N–H and O–H groups in total. The van der Waals surface area contributed by atoms with E-state index < -0.39 is 0 Å². The van der Waals surface area contributed by atoms with Gasteiger partial charge in [0.2, 0.25) is 0 Å². The van der Waals surface area contributed by atoms with Gasteiger partial charge in [-0.25, -0.2) is 0 Å². The van der Waals surface area contributed by atoms with Gasteiger partial charge in [-0.05, 0) is 37.9 Å². The predicted octanol–water partition coefficient (Wildman–Crippen LogP) is 3.01. The van der Waals surface area contributed by atoms with Crippen molar-refractivity contribution in [1.82, 2.24) is 5.32 Å². The molecule has 0 unspecified atom stereocenters. The van der Waals surface area contributed by atoms with Crippen molar-refractivity contribution < 1.29 is 0 Å². The van der Waals surface area contributed by atoms with Crippen molar-refractivity contribution in [2.45, 2.75) is 32.6 Å². The molecule has 0 heterocycles. The monoisotopic (exact) mass is 191 g/mol. The quantitative estimate of drug-likeness (QED) is 0.653. The Morgan fingerprint density at radius 2 is 1.79 bits per heavy atom. The highest BCUT2D eigenvalue weighted by Gasteiger charge is 1.91. The zero-order chi connectivity index (χ0) is 10.1. The van der Waals surface area contributed by atoms with Crippen LogP contribution in [0.25, 0.3) is 0 Å². The Morgan fingerprint density at radius 3 is 2.50 bits per heavy atom. The van der Waals surface area contributed by atoms with E-state index in [9.17, 15) is 0 Å². The lowest BCUT2D eigenvalue weighted by Gasteiger charge is -2.02. The number of aryl methyl sites for hydroxylation is 1. The number of unbranched alkanes of at least 4 members (excludes halogenated alkanes) is 2. The Hall–Kier alpha value is -0.820. The summed E-state index contributed by atoms with van der Waals surface area (Å²) < 4.78 is 0. The fraction of sp³-hybridized carbons (Fsp3) is 0.538. The Labute approximate surface area is 87.5 Å². The van der Waals surface area contributed by atoms with Gasteiger partial charge in [-0.3, -0.25) is 0 Å². The summed E-state index contributed by atoms with van der Waals surface area (Å²) >= 11 is 0. The Kier molecular flexibility index (Phi) is 6.09. The summed E-state index contributed by atoms with van der Waals surface area (Å²) in [6, 6.07) is 10.7. The van der Waals surface area contributed by atoms with Crippen molar-refractivity contribution in [2.75, 3.05) is 13.1 Å². The van der Waals surface area contributed by atoms with Crippen LogP contribution in [0.1, 0.15) is 31.7 Å². The minimum absolute atomic E-state index is 1.10. The third-order valence-corrected chi connectivity index (χ3v) is 2.41. The van der Waals surface area contributed by atoms with E-state index in [1.54, 1.807) is 0 Å². The van der Waals surface area contributed by atoms with Gasteiger partial charge in [-0.1, -0.05) is 43.7 Å². The molecule has 0 aliphatic heterocycles. The van der Waals surface area contributed by atoms with Crippen LogP contribution < -0.4 is 5.32 Å². The van der Waals surface area contributed by atoms with E-state index in [4.69, 9.17) is 0 Å². The first-order valence-corrected chi connectivity index (χ1v) is 5.68. The smallest absolute Gasteiger partial charge is 0.00490 e. The summed E-state index contributed by atoms with van der Waals surface area (Å²) in [4.78, 5) is 0. The molecule has 0 spiro atoms. The lowest BCUT2D eigenvalue weighted by atomic mass is 10.1. The molecule has 1 nitrogen and oxygen atoms in total. The maximum Gasteiger partial charge on any atom is -0.00490 e. The first kappa shape index (κ1) is 11.3. The molecule has 0 aliphatic carbocycles. The van der Waals surface area contributed by atoms with Gasteiger partial charge in [0.25, 0.3) is 0 Å². The molecule has 78 valence electrons. The summed E-state index contributed by atoms with van der Waals surface area (Å²) in [5.41, 5.74) is 1.47. The molecule has 0 radical (unpaired) electrons. The third-order valence-electron chi connectivity index (χ3n) is 2.41. The molecule has 0 fully saturated rings. The number of benzene rings is 1. The van der Waals surface area contributed by atoms with Gasteiger partial charge in [-0.2, -0.15) is 0 Å². The average Bonchev–Trinajstić information content (AvgIpc) is 2.25. The van der Waals surface area contributed by atoms with Crippen molar-refractivity contribution in [3.05, 3.63) is 35.9 Å². The van der Waals surface area contributed by atoms with Crippen LogP contribution in [0.4, 0.5) is 0 Å². The summed E-state index contributed by atoms with van der Waals surface area (Å²) in [5, 5.41) is 3.35. The Morgan fingerprint density at radius 1 is 1.00 bits per heavy atom. The lowest BCUT2D eigenvalue weighted by molar-refractivity contribution is 0.617. The number of nitrogens with one attached hydrogen (secondary N) is 1. The van der Waals surface area contributed by atoms with Crippen LogP contribution in [0, 0.1) is 0 Å². The Balaban J connectivity index is 1.99. The number of rotatable bonds is 7. The van der Waals surface area contributed by atoms with Gasteiger partial charge in [-0.15, -0.1) is 0 Å². The van der Waals surface area contributed by atoms with Gasteiger partial charge in [0.1, 0.15) is 0 Å². The maximum atomic E-state index is 3.35. The highest BCUT2D eigenvalue weighted by molar-refractivity contribution is 5.14. The molecule has 0 atom stereocenters. The molecular formula is C13H21N. The molecule has 0 bridgehead atoms. The topological polar surface area (TPSA) is 12.0 Å². The number of hydrogen-bond donors (Lipinski definition) is 1. The largest absolute Gasteiger partial charge is 0.317 e. The molecule has 0 aromatic heterocycles. The molecule has 1 aromatic carbocycles. The summed E-state index contributed by atoms with van der Waals surface area (Å²) in [6.07, 6.45) is 5.19. The van der Waals surface area contributed by atoms with E-state index in [0.29, 0.717) is 0 Å². The fourth-order valence-electron chi connectivity index (χ4n) is 1.58. The molecule has 1 heteroatoms. The van der Waals surface area contributed by atoms with E-state index in [1.165, 1.54) is 37.8 Å². The van der Waals surface area contributed by atoms with Crippen LogP contribution in [0.15, 0.2) is 30.3 Å². The lowest BCUT2D eigenvalue weighted by Crippen LogP contribution is -2.13. The maximum absolute atomic E-state index is 3.35. The van der Waals surface area contributed by atoms with Crippen LogP contribution in [0.5, 0.6) is 0 Å². The minimum atomic E-state index is 1.10. The van der Waals surface area contributed by atoms with Crippen molar-refractivity contribution in [2.24, 2.45) is 0 Å². The SMILES string of the molecule is CCNCCCCCc1ccccc1. The molecule has 0 saturated carbocycles. The van der Waals surface area contributed by atoms with Gasteiger partial charge >= 0.3 is 0 Å². The minimum Gasteiger partial charge on any atom is -0.317 e. The standard InChI is InChI=1S/C13H21N/c1-2-14-12-8-4-7-11-13-9-5-3-6-10-13/h3,5-6,9-10,14H,2,4,7-8,11-12H2,1H3. The first-order valence-electron chi connectivity index (χ1n) is 5.68. The molecule has 14 heavy (non-hydrogen) atoms. The zero-order valence-electron chi connectivity index (χ0n) is 9.13. The van der Waals surface area contributed by atoms with E-state index in [1.807, 2.05) is 0 Å². The second kappa shape index (κ2) is 7.57. The first-order chi connectivity index (χ1) is 6.93. The second-order valence-electron chi connectivity index (χ2n) is 3.65. The fourth-order valence-corrected chi connectivity index (χ4v) is 1.58. The van der Waals surface area contributed by atoms with Crippen LogP contribution in [0.2, 0.25) is 0 Å². The molecule has 0 saturated heterocycles. The summed E-state index contributed by atoms with van der Waals surface area (Å²) in [5.74, 6) is 0.